The van der Waals surface area contributed by atoms with Gasteiger partial charge in [0.1, 0.15) is 5.75 Å². The lowest BCUT2D eigenvalue weighted by Crippen LogP contribution is -2.34. The standard InChI is InChI=1S/C14H18N2O2/c1-18-12-5-3-2-4-10(12)14-11(15)8-13(17)16(14)9-6-7-9/h2-5,9,11,14H,6-8,15H2,1H3. The Labute approximate surface area is 107 Å². The van der Waals surface area contributed by atoms with E-state index in [-0.39, 0.29) is 18.0 Å². The smallest absolute Gasteiger partial charge is 0.225 e. The van der Waals surface area contributed by atoms with Crippen molar-refractivity contribution in [2.45, 2.75) is 37.4 Å². The molecular formula is C14H18N2O2. The van der Waals surface area contributed by atoms with E-state index in [9.17, 15) is 4.79 Å². The maximum Gasteiger partial charge on any atom is 0.225 e. The summed E-state index contributed by atoms with van der Waals surface area (Å²) in [5, 5.41) is 0. The van der Waals surface area contributed by atoms with Gasteiger partial charge in [-0.05, 0) is 18.9 Å². The quantitative estimate of drug-likeness (QED) is 0.878. The lowest BCUT2D eigenvalue weighted by atomic mass is 9.99. The van der Waals surface area contributed by atoms with Crippen molar-refractivity contribution in [3.8, 4) is 5.75 Å². The average Bonchev–Trinajstić information content (AvgIpc) is 3.15. The van der Waals surface area contributed by atoms with Gasteiger partial charge in [0.05, 0.1) is 13.2 Å². The Kier molecular flexibility index (Phi) is 2.74. The van der Waals surface area contributed by atoms with Gasteiger partial charge in [0.15, 0.2) is 0 Å². The Hall–Kier alpha value is -1.55. The van der Waals surface area contributed by atoms with E-state index in [1.165, 1.54) is 0 Å². The van der Waals surface area contributed by atoms with E-state index in [1.807, 2.05) is 29.2 Å². The molecule has 2 fully saturated rings. The highest BCUT2D eigenvalue weighted by molar-refractivity contribution is 5.81. The monoisotopic (exact) mass is 246 g/mol. The van der Waals surface area contributed by atoms with Gasteiger partial charge in [-0.3, -0.25) is 4.79 Å². The van der Waals surface area contributed by atoms with E-state index in [0.717, 1.165) is 24.2 Å². The van der Waals surface area contributed by atoms with Crippen LogP contribution in [0.5, 0.6) is 5.75 Å². The van der Waals surface area contributed by atoms with Crippen LogP contribution in [-0.2, 0) is 4.79 Å². The molecule has 3 rings (SSSR count). The number of ether oxygens (including phenoxy) is 1. The summed E-state index contributed by atoms with van der Waals surface area (Å²) in [7, 11) is 1.66. The Morgan fingerprint density at radius 3 is 2.72 bits per heavy atom. The van der Waals surface area contributed by atoms with Gasteiger partial charge >= 0.3 is 0 Å². The van der Waals surface area contributed by atoms with Crippen LogP contribution in [0.15, 0.2) is 24.3 Å². The van der Waals surface area contributed by atoms with Gasteiger partial charge in [0.2, 0.25) is 5.91 Å². The van der Waals surface area contributed by atoms with Crippen LogP contribution in [0, 0.1) is 0 Å². The molecule has 4 heteroatoms. The molecule has 1 saturated carbocycles. The predicted octanol–water partition coefficient (Wildman–Crippen LogP) is 1.46. The highest BCUT2D eigenvalue weighted by Crippen LogP contribution is 2.43. The van der Waals surface area contributed by atoms with Crippen molar-refractivity contribution in [2.24, 2.45) is 5.73 Å². The number of carbonyl (C=O) groups excluding carboxylic acids is 1. The van der Waals surface area contributed by atoms with Gasteiger partial charge in [-0.25, -0.2) is 0 Å². The van der Waals surface area contributed by atoms with E-state index in [1.54, 1.807) is 7.11 Å². The number of para-hydroxylation sites is 1. The molecule has 1 amide bonds. The molecular weight excluding hydrogens is 228 g/mol. The fraction of sp³-hybridized carbons (Fsp3) is 0.500. The first-order chi connectivity index (χ1) is 8.72. The summed E-state index contributed by atoms with van der Waals surface area (Å²) in [5.74, 6) is 0.999. The molecule has 1 aliphatic heterocycles. The van der Waals surface area contributed by atoms with Crippen LogP contribution >= 0.6 is 0 Å². The van der Waals surface area contributed by atoms with Crippen LogP contribution in [0.1, 0.15) is 30.9 Å². The molecule has 2 atom stereocenters. The van der Waals surface area contributed by atoms with Gasteiger partial charge in [-0.1, -0.05) is 18.2 Å². The molecule has 0 radical (unpaired) electrons. The molecule has 2 aliphatic rings. The van der Waals surface area contributed by atoms with Crippen LogP contribution in [0.4, 0.5) is 0 Å². The van der Waals surface area contributed by atoms with Crippen LogP contribution in [-0.4, -0.2) is 30.0 Å². The summed E-state index contributed by atoms with van der Waals surface area (Å²) in [6.45, 7) is 0. The van der Waals surface area contributed by atoms with Gasteiger partial charge in [0.25, 0.3) is 0 Å². The molecule has 96 valence electrons. The normalized spacial score (nSPS) is 27.7. The van der Waals surface area contributed by atoms with E-state index in [0.29, 0.717) is 12.5 Å². The molecule has 1 aromatic rings. The number of likely N-dealkylation sites (tertiary alicyclic amines) is 1. The zero-order chi connectivity index (χ0) is 12.7. The van der Waals surface area contributed by atoms with Crippen molar-refractivity contribution in [3.63, 3.8) is 0 Å². The Balaban J connectivity index is 2.00. The Bertz CT molecular complexity index is 471. The molecule has 18 heavy (non-hydrogen) atoms. The zero-order valence-corrected chi connectivity index (χ0v) is 10.5. The molecule has 0 bridgehead atoms. The Morgan fingerprint density at radius 1 is 1.33 bits per heavy atom. The second-order valence-corrected chi connectivity index (χ2v) is 5.09. The van der Waals surface area contributed by atoms with Crippen molar-refractivity contribution in [2.75, 3.05) is 7.11 Å². The predicted molar refractivity (Wildman–Crippen MR) is 68.2 cm³/mol. The SMILES string of the molecule is COc1ccccc1C1C(N)CC(=O)N1C1CC1. The third kappa shape index (κ3) is 1.77. The second kappa shape index (κ2) is 4.28. The van der Waals surface area contributed by atoms with Gasteiger partial charge < -0.3 is 15.4 Å². The van der Waals surface area contributed by atoms with E-state index in [2.05, 4.69) is 0 Å². The molecule has 4 nitrogen and oxygen atoms in total. The highest BCUT2D eigenvalue weighted by Gasteiger charge is 2.46. The molecule has 2 unspecified atom stereocenters. The van der Waals surface area contributed by atoms with Gasteiger partial charge in [-0.15, -0.1) is 0 Å². The fourth-order valence-electron chi connectivity index (χ4n) is 2.85. The molecule has 1 aliphatic carbocycles. The summed E-state index contributed by atoms with van der Waals surface area (Å²) in [4.78, 5) is 14.0. The zero-order valence-electron chi connectivity index (χ0n) is 10.5. The first-order valence-corrected chi connectivity index (χ1v) is 6.42. The summed E-state index contributed by atoms with van der Waals surface area (Å²) < 4.78 is 5.40. The third-order valence-electron chi connectivity index (χ3n) is 3.80. The second-order valence-electron chi connectivity index (χ2n) is 5.09. The maximum absolute atomic E-state index is 12.1. The lowest BCUT2D eigenvalue weighted by molar-refractivity contribution is -0.129. The van der Waals surface area contributed by atoms with Gasteiger partial charge in [0, 0.05) is 24.1 Å². The Morgan fingerprint density at radius 2 is 2.06 bits per heavy atom. The minimum absolute atomic E-state index is 0.0267. The van der Waals surface area contributed by atoms with Crippen molar-refractivity contribution < 1.29 is 9.53 Å². The number of carbonyl (C=O) groups is 1. The minimum atomic E-state index is -0.130. The first-order valence-electron chi connectivity index (χ1n) is 6.42. The van der Waals surface area contributed by atoms with Crippen molar-refractivity contribution in [1.29, 1.82) is 0 Å². The number of hydrogen-bond acceptors (Lipinski definition) is 3. The number of amides is 1. The molecule has 1 aromatic carbocycles. The third-order valence-corrected chi connectivity index (χ3v) is 3.80. The summed E-state index contributed by atoms with van der Waals surface area (Å²) in [6.07, 6.45) is 2.65. The van der Waals surface area contributed by atoms with Crippen molar-refractivity contribution >= 4 is 5.91 Å². The lowest BCUT2D eigenvalue weighted by Gasteiger charge is -2.28. The van der Waals surface area contributed by atoms with Crippen molar-refractivity contribution in [1.82, 2.24) is 4.90 Å². The average molecular weight is 246 g/mol. The number of nitrogens with two attached hydrogens (primary N) is 1. The molecule has 1 saturated heterocycles. The van der Waals surface area contributed by atoms with Crippen LogP contribution in [0.25, 0.3) is 0 Å². The molecule has 2 N–H and O–H groups in total. The first kappa shape index (κ1) is 11.5. The van der Waals surface area contributed by atoms with Gasteiger partial charge in [-0.2, -0.15) is 0 Å². The number of nitrogens with zero attached hydrogens (tertiary/aromatic N) is 1. The number of rotatable bonds is 3. The summed E-state index contributed by atoms with van der Waals surface area (Å²) in [6, 6.07) is 8.08. The number of methoxy groups -OCH3 is 1. The van der Waals surface area contributed by atoms with Crippen LogP contribution in [0.3, 0.4) is 0 Å². The fourth-order valence-corrected chi connectivity index (χ4v) is 2.85. The summed E-state index contributed by atoms with van der Waals surface area (Å²) >= 11 is 0. The topological polar surface area (TPSA) is 55.6 Å². The maximum atomic E-state index is 12.1. The largest absolute Gasteiger partial charge is 0.496 e. The molecule has 0 aromatic heterocycles. The summed E-state index contributed by atoms with van der Waals surface area (Å²) in [5.41, 5.74) is 7.20. The number of benzene rings is 1. The molecule has 1 heterocycles. The van der Waals surface area contributed by atoms with Crippen molar-refractivity contribution in [3.05, 3.63) is 29.8 Å². The highest BCUT2D eigenvalue weighted by atomic mass is 16.5. The number of hydrogen-bond donors (Lipinski definition) is 1. The van der Waals surface area contributed by atoms with Crippen LogP contribution < -0.4 is 10.5 Å². The van der Waals surface area contributed by atoms with E-state index < -0.39 is 0 Å². The van der Waals surface area contributed by atoms with E-state index >= 15 is 0 Å². The molecule has 0 spiro atoms. The van der Waals surface area contributed by atoms with Crippen LogP contribution in [0.2, 0.25) is 0 Å². The minimum Gasteiger partial charge on any atom is -0.496 e. The van der Waals surface area contributed by atoms with E-state index in [4.69, 9.17) is 10.5 Å².